The third-order valence-corrected chi connectivity index (χ3v) is 5.95. The highest BCUT2D eigenvalue weighted by Gasteiger charge is 2.26. The van der Waals surface area contributed by atoms with Crippen molar-refractivity contribution in [2.45, 2.75) is 109 Å². The van der Waals surface area contributed by atoms with Crippen molar-refractivity contribution in [1.29, 1.82) is 0 Å². The fourth-order valence-electron chi connectivity index (χ4n) is 3.25. The van der Waals surface area contributed by atoms with Crippen molar-refractivity contribution < 1.29 is 9.59 Å². The van der Waals surface area contributed by atoms with Crippen molar-refractivity contribution >= 4 is 22.8 Å². The number of hydrogen-bond acceptors (Lipinski definition) is 3. The van der Waals surface area contributed by atoms with E-state index >= 15 is 0 Å². The van der Waals surface area contributed by atoms with Gasteiger partial charge in [0.2, 0.25) is 11.0 Å². The SMILES string of the molecule is CCCCCCCC/C=C\CCCCCCCC(=O)N[C@H]1CCSC1=O. The Morgan fingerprint density at radius 3 is 2.12 bits per heavy atom. The lowest BCUT2D eigenvalue weighted by Crippen LogP contribution is -2.36. The number of allylic oxidation sites excluding steroid dienone is 2. The maximum atomic E-state index is 11.8. The van der Waals surface area contributed by atoms with Crippen molar-refractivity contribution in [3.8, 4) is 0 Å². The van der Waals surface area contributed by atoms with Crippen LogP contribution in [0.2, 0.25) is 0 Å². The Morgan fingerprint density at radius 1 is 0.962 bits per heavy atom. The molecule has 1 aliphatic rings. The van der Waals surface area contributed by atoms with Gasteiger partial charge in [-0.1, -0.05) is 82.2 Å². The maximum Gasteiger partial charge on any atom is 0.220 e. The molecule has 0 aromatic heterocycles. The number of amides is 1. The van der Waals surface area contributed by atoms with Crippen LogP contribution >= 0.6 is 11.8 Å². The average Bonchev–Trinajstić information content (AvgIpc) is 3.03. The van der Waals surface area contributed by atoms with Crippen LogP contribution < -0.4 is 5.32 Å². The summed E-state index contributed by atoms with van der Waals surface area (Å²) in [5.74, 6) is 0.889. The molecule has 1 fully saturated rings. The first-order chi connectivity index (χ1) is 12.7. The van der Waals surface area contributed by atoms with Crippen LogP contribution in [0.1, 0.15) is 103 Å². The van der Waals surface area contributed by atoms with E-state index in [4.69, 9.17) is 0 Å². The predicted molar refractivity (Wildman–Crippen MR) is 113 cm³/mol. The van der Waals surface area contributed by atoms with E-state index in [1.807, 2.05) is 0 Å². The summed E-state index contributed by atoms with van der Waals surface area (Å²) in [5, 5.41) is 2.99. The molecule has 0 unspecified atom stereocenters. The van der Waals surface area contributed by atoms with Crippen LogP contribution in [-0.2, 0) is 9.59 Å². The molecular weight excluding hydrogens is 342 g/mol. The summed E-state index contributed by atoms with van der Waals surface area (Å²) in [6, 6.07) is -0.226. The van der Waals surface area contributed by atoms with Gasteiger partial charge in [0.1, 0.15) is 0 Å². The molecule has 4 heteroatoms. The average molecular weight is 382 g/mol. The molecule has 3 nitrogen and oxygen atoms in total. The van der Waals surface area contributed by atoms with E-state index in [1.54, 1.807) is 0 Å². The van der Waals surface area contributed by atoms with Crippen LogP contribution in [0.15, 0.2) is 12.2 Å². The summed E-state index contributed by atoms with van der Waals surface area (Å²) in [7, 11) is 0. The van der Waals surface area contributed by atoms with E-state index in [0.29, 0.717) is 6.42 Å². The van der Waals surface area contributed by atoms with Crippen LogP contribution in [0.25, 0.3) is 0 Å². The number of carbonyl (C=O) groups excluding carboxylic acids is 2. The Morgan fingerprint density at radius 2 is 1.54 bits per heavy atom. The first kappa shape index (κ1) is 23.3. The van der Waals surface area contributed by atoms with Gasteiger partial charge in [0.25, 0.3) is 0 Å². The van der Waals surface area contributed by atoms with Gasteiger partial charge < -0.3 is 5.32 Å². The molecule has 0 bridgehead atoms. The minimum Gasteiger partial charge on any atom is -0.345 e. The van der Waals surface area contributed by atoms with Gasteiger partial charge in [-0.3, -0.25) is 9.59 Å². The van der Waals surface area contributed by atoms with Gasteiger partial charge in [0.15, 0.2) is 0 Å². The van der Waals surface area contributed by atoms with Gasteiger partial charge in [0.05, 0.1) is 6.04 Å². The Labute approximate surface area is 165 Å². The van der Waals surface area contributed by atoms with E-state index in [1.165, 1.54) is 82.4 Å². The highest BCUT2D eigenvalue weighted by Crippen LogP contribution is 2.19. The lowest BCUT2D eigenvalue weighted by molar-refractivity contribution is -0.124. The van der Waals surface area contributed by atoms with E-state index in [-0.39, 0.29) is 17.1 Å². The predicted octanol–water partition coefficient (Wildman–Crippen LogP) is 6.17. The first-order valence-electron chi connectivity index (χ1n) is 10.8. The van der Waals surface area contributed by atoms with Crippen molar-refractivity contribution in [1.82, 2.24) is 5.32 Å². The molecule has 1 amide bonds. The van der Waals surface area contributed by atoms with Crippen LogP contribution in [0.3, 0.4) is 0 Å². The van der Waals surface area contributed by atoms with Crippen LogP contribution in [0, 0.1) is 0 Å². The lowest BCUT2D eigenvalue weighted by Gasteiger charge is -2.09. The first-order valence-corrected chi connectivity index (χ1v) is 11.8. The number of carbonyl (C=O) groups is 2. The molecule has 1 atom stereocenters. The minimum absolute atomic E-state index is 0.0449. The summed E-state index contributed by atoms with van der Waals surface area (Å²) >= 11 is 1.34. The van der Waals surface area contributed by atoms with E-state index < -0.39 is 0 Å². The second-order valence-corrected chi connectivity index (χ2v) is 8.51. The molecule has 0 saturated carbocycles. The molecule has 1 aliphatic heterocycles. The molecule has 0 aromatic rings. The topological polar surface area (TPSA) is 46.2 Å². The number of rotatable bonds is 16. The molecule has 26 heavy (non-hydrogen) atoms. The number of hydrogen-bond donors (Lipinski definition) is 1. The zero-order valence-electron chi connectivity index (χ0n) is 16.8. The van der Waals surface area contributed by atoms with Gasteiger partial charge in [0, 0.05) is 12.2 Å². The monoisotopic (exact) mass is 381 g/mol. The maximum absolute atomic E-state index is 11.8. The van der Waals surface area contributed by atoms with Crippen LogP contribution in [-0.4, -0.2) is 22.8 Å². The minimum atomic E-state index is -0.226. The standard InChI is InChI=1S/C22H39NO2S/c1-2-3-4-5-6-7-8-9-10-11-12-13-14-15-16-17-21(24)23-20-18-19-26-22(20)25/h9-10,20H,2-8,11-19H2,1H3,(H,23,24)/b10-9-/t20-/m0/s1. The van der Waals surface area contributed by atoms with Crippen molar-refractivity contribution in [2.24, 2.45) is 0 Å². The number of unbranched alkanes of at least 4 members (excludes halogenated alkanes) is 11. The Balaban J connectivity index is 1.81. The normalized spacial score (nSPS) is 17.3. The Kier molecular flexibility index (Phi) is 14.7. The fourth-order valence-corrected chi connectivity index (χ4v) is 4.18. The van der Waals surface area contributed by atoms with Crippen LogP contribution in [0.5, 0.6) is 0 Å². The fraction of sp³-hybridized carbons (Fsp3) is 0.818. The highest BCUT2D eigenvalue weighted by atomic mass is 32.2. The van der Waals surface area contributed by atoms with Gasteiger partial charge in [-0.25, -0.2) is 0 Å². The van der Waals surface area contributed by atoms with Gasteiger partial charge >= 0.3 is 0 Å². The molecule has 150 valence electrons. The largest absolute Gasteiger partial charge is 0.345 e. The second kappa shape index (κ2) is 16.4. The summed E-state index contributed by atoms with van der Waals surface area (Å²) in [6.45, 7) is 2.26. The molecule has 0 aromatic carbocycles. The number of thioether (sulfide) groups is 1. The Hall–Kier alpha value is -0.770. The lowest BCUT2D eigenvalue weighted by atomic mass is 10.1. The molecule has 1 rings (SSSR count). The second-order valence-electron chi connectivity index (χ2n) is 7.41. The zero-order chi connectivity index (χ0) is 18.9. The summed E-state index contributed by atoms with van der Waals surface area (Å²) in [5.41, 5.74) is 0. The molecule has 0 aliphatic carbocycles. The van der Waals surface area contributed by atoms with E-state index in [2.05, 4.69) is 24.4 Å². The van der Waals surface area contributed by atoms with Gasteiger partial charge in [-0.15, -0.1) is 0 Å². The molecule has 1 N–H and O–H groups in total. The molecule has 1 saturated heterocycles. The van der Waals surface area contributed by atoms with Crippen molar-refractivity contribution in [3.63, 3.8) is 0 Å². The van der Waals surface area contributed by atoms with Crippen molar-refractivity contribution in [3.05, 3.63) is 12.2 Å². The van der Waals surface area contributed by atoms with E-state index in [0.717, 1.165) is 25.0 Å². The quantitative estimate of drug-likeness (QED) is 0.257. The smallest absolute Gasteiger partial charge is 0.220 e. The molecular formula is C22H39NO2S. The highest BCUT2D eigenvalue weighted by molar-refractivity contribution is 8.14. The Bertz CT molecular complexity index is 409. The van der Waals surface area contributed by atoms with Crippen molar-refractivity contribution in [2.75, 3.05) is 5.75 Å². The van der Waals surface area contributed by atoms with Crippen LogP contribution in [0.4, 0.5) is 0 Å². The molecule has 0 spiro atoms. The summed E-state index contributed by atoms with van der Waals surface area (Å²) in [4.78, 5) is 23.3. The third-order valence-electron chi connectivity index (χ3n) is 4.94. The van der Waals surface area contributed by atoms with Gasteiger partial charge in [-0.05, 0) is 38.5 Å². The summed E-state index contributed by atoms with van der Waals surface area (Å²) in [6.07, 6.45) is 22.5. The third kappa shape index (κ3) is 12.6. The molecule has 1 heterocycles. The summed E-state index contributed by atoms with van der Waals surface area (Å²) < 4.78 is 0. The number of nitrogens with one attached hydrogen (secondary N) is 1. The van der Waals surface area contributed by atoms with E-state index in [9.17, 15) is 9.59 Å². The molecule has 0 radical (unpaired) electrons. The zero-order valence-corrected chi connectivity index (χ0v) is 17.6. The van der Waals surface area contributed by atoms with Gasteiger partial charge in [-0.2, -0.15) is 0 Å².